The zero-order valence-electron chi connectivity index (χ0n) is 16.2. The largest absolute Gasteiger partial charge is 0.357 e. The number of hydrogen-bond acceptors (Lipinski definition) is 2. The Morgan fingerprint density at radius 3 is 2.44 bits per heavy atom. The minimum absolute atomic E-state index is 0.0676. The Morgan fingerprint density at radius 2 is 1.84 bits per heavy atom. The smallest absolute Gasteiger partial charge is 0.251 e. The van der Waals surface area contributed by atoms with E-state index < -0.39 is 0 Å². The summed E-state index contributed by atoms with van der Waals surface area (Å²) in [5.74, 6) is 0.780. The van der Waals surface area contributed by atoms with Gasteiger partial charge in [0, 0.05) is 25.2 Å². The summed E-state index contributed by atoms with van der Waals surface area (Å²) in [6.45, 7) is 7.94. The Kier molecular flexibility index (Phi) is 10.4. The second-order valence-corrected chi connectivity index (χ2v) is 6.37. The SMILES string of the molecule is CCCCCCC(C)NC(=NCc1ccc(C(=O)NC)cc1)NCC. The summed E-state index contributed by atoms with van der Waals surface area (Å²) in [5.41, 5.74) is 1.75. The molecule has 1 rings (SSSR count). The van der Waals surface area contributed by atoms with Crippen LogP contribution in [-0.2, 0) is 6.54 Å². The molecule has 0 bridgehead atoms. The first-order valence-electron chi connectivity index (χ1n) is 9.46. The lowest BCUT2D eigenvalue weighted by Gasteiger charge is -2.17. The summed E-state index contributed by atoms with van der Waals surface area (Å²) in [7, 11) is 1.64. The van der Waals surface area contributed by atoms with Crippen LogP contribution in [0.5, 0.6) is 0 Å². The van der Waals surface area contributed by atoms with Crippen molar-refractivity contribution in [3.05, 3.63) is 35.4 Å². The molecule has 1 atom stereocenters. The van der Waals surface area contributed by atoms with E-state index in [0.717, 1.165) is 24.5 Å². The molecule has 0 spiro atoms. The number of nitrogens with zero attached hydrogens (tertiary/aromatic N) is 1. The molecule has 0 aliphatic rings. The third kappa shape index (κ3) is 8.57. The molecule has 5 heteroatoms. The number of hydrogen-bond donors (Lipinski definition) is 3. The van der Waals surface area contributed by atoms with Crippen molar-refractivity contribution in [3.63, 3.8) is 0 Å². The molecular formula is C20H34N4O. The maximum absolute atomic E-state index is 11.6. The number of benzene rings is 1. The van der Waals surface area contributed by atoms with E-state index >= 15 is 0 Å². The number of aliphatic imine (C=N–C) groups is 1. The molecule has 0 heterocycles. The number of carbonyl (C=O) groups excluding carboxylic acids is 1. The van der Waals surface area contributed by atoms with Crippen LogP contribution in [0.3, 0.4) is 0 Å². The number of amides is 1. The van der Waals surface area contributed by atoms with Crippen LogP contribution >= 0.6 is 0 Å². The topological polar surface area (TPSA) is 65.5 Å². The molecule has 3 N–H and O–H groups in total. The van der Waals surface area contributed by atoms with E-state index in [4.69, 9.17) is 0 Å². The Labute approximate surface area is 152 Å². The standard InChI is InChI=1S/C20H34N4O/c1-5-7-8-9-10-16(3)24-20(22-6-2)23-15-17-11-13-18(14-12-17)19(25)21-4/h11-14,16H,5-10,15H2,1-4H3,(H,21,25)(H2,22,23,24). The van der Waals surface area contributed by atoms with Gasteiger partial charge in [-0.25, -0.2) is 4.99 Å². The van der Waals surface area contributed by atoms with Gasteiger partial charge in [0.25, 0.3) is 5.91 Å². The van der Waals surface area contributed by atoms with Gasteiger partial charge in [0.1, 0.15) is 0 Å². The first-order valence-corrected chi connectivity index (χ1v) is 9.46. The number of unbranched alkanes of at least 4 members (excludes halogenated alkanes) is 3. The van der Waals surface area contributed by atoms with Gasteiger partial charge in [0.2, 0.25) is 0 Å². The summed E-state index contributed by atoms with van der Waals surface area (Å²) in [6, 6.07) is 7.98. The summed E-state index contributed by atoms with van der Waals surface area (Å²) in [4.78, 5) is 16.2. The van der Waals surface area contributed by atoms with E-state index in [1.165, 1.54) is 25.7 Å². The molecule has 0 radical (unpaired) electrons. The van der Waals surface area contributed by atoms with Gasteiger partial charge >= 0.3 is 0 Å². The van der Waals surface area contributed by atoms with E-state index in [2.05, 4.69) is 41.7 Å². The predicted octanol–water partition coefficient (Wildman–Crippen LogP) is 3.46. The Bertz CT molecular complexity index is 525. The van der Waals surface area contributed by atoms with Crippen molar-refractivity contribution in [2.75, 3.05) is 13.6 Å². The lowest BCUT2D eigenvalue weighted by atomic mass is 10.1. The van der Waals surface area contributed by atoms with Gasteiger partial charge in [-0.3, -0.25) is 4.79 Å². The van der Waals surface area contributed by atoms with Crippen LogP contribution in [-0.4, -0.2) is 31.5 Å². The van der Waals surface area contributed by atoms with Crippen LogP contribution in [0.4, 0.5) is 0 Å². The first-order chi connectivity index (χ1) is 12.1. The minimum Gasteiger partial charge on any atom is -0.357 e. The zero-order valence-corrected chi connectivity index (χ0v) is 16.2. The van der Waals surface area contributed by atoms with E-state index in [0.29, 0.717) is 18.2 Å². The molecule has 5 nitrogen and oxygen atoms in total. The van der Waals surface area contributed by atoms with Crippen LogP contribution in [0.1, 0.15) is 68.8 Å². The molecule has 1 unspecified atom stereocenters. The molecule has 1 aromatic rings. The summed E-state index contributed by atoms with van der Waals surface area (Å²) < 4.78 is 0. The van der Waals surface area contributed by atoms with Crippen molar-refractivity contribution >= 4 is 11.9 Å². The second kappa shape index (κ2) is 12.3. The zero-order chi connectivity index (χ0) is 18.5. The molecule has 0 aliphatic heterocycles. The van der Waals surface area contributed by atoms with Gasteiger partial charge < -0.3 is 16.0 Å². The van der Waals surface area contributed by atoms with Gasteiger partial charge in [0.15, 0.2) is 5.96 Å². The number of nitrogens with one attached hydrogen (secondary N) is 3. The van der Waals surface area contributed by atoms with Gasteiger partial charge in [-0.15, -0.1) is 0 Å². The lowest BCUT2D eigenvalue weighted by Crippen LogP contribution is -2.42. The predicted molar refractivity (Wildman–Crippen MR) is 106 cm³/mol. The summed E-state index contributed by atoms with van der Waals surface area (Å²) >= 11 is 0. The molecule has 0 fully saturated rings. The van der Waals surface area contributed by atoms with Crippen LogP contribution < -0.4 is 16.0 Å². The third-order valence-corrected chi connectivity index (χ3v) is 4.08. The molecule has 0 aliphatic carbocycles. The van der Waals surface area contributed by atoms with Crippen LogP contribution in [0.2, 0.25) is 0 Å². The van der Waals surface area contributed by atoms with Crippen molar-refractivity contribution in [1.82, 2.24) is 16.0 Å². The van der Waals surface area contributed by atoms with Gasteiger partial charge in [-0.05, 0) is 38.0 Å². The first kappa shape index (κ1) is 21.0. The van der Waals surface area contributed by atoms with Gasteiger partial charge in [0.05, 0.1) is 6.54 Å². The Morgan fingerprint density at radius 1 is 1.12 bits per heavy atom. The van der Waals surface area contributed by atoms with Crippen LogP contribution in [0, 0.1) is 0 Å². The molecule has 1 aromatic carbocycles. The van der Waals surface area contributed by atoms with Crippen molar-refractivity contribution in [3.8, 4) is 0 Å². The highest BCUT2D eigenvalue weighted by Gasteiger charge is 2.06. The molecule has 1 amide bonds. The normalized spacial score (nSPS) is 12.6. The van der Waals surface area contributed by atoms with E-state index in [9.17, 15) is 4.79 Å². The molecule has 25 heavy (non-hydrogen) atoms. The monoisotopic (exact) mass is 346 g/mol. The molecule has 0 saturated heterocycles. The number of guanidine groups is 1. The number of carbonyl (C=O) groups is 1. The number of rotatable bonds is 10. The van der Waals surface area contributed by atoms with Crippen molar-refractivity contribution in [2.24, 2.45) is 4.99 Å². The van der Waals surface area contributed by atoms with Crippen molar-refractivity contribution < 1.29 is 4.79 Å². The summed E-state index contributed by atoms with van der Waals surface area (Å²) in [5, 5.41) is 9.40. The second-order valence-electron chi connectivity index (χ2n) is 6.37. The lowest BCUT2D eigenvalue weighted by molar-refractivity contribution is 0.0963. The molecule has 0 saturated carbocycles. The maximum Gasteiger partial charge on any atom is 0.251 e. The molecule has 140 valence electrons. The fourth-order valence-electron chi connectivity index (χ4n) is 2.58. The highest BCUT2D eigenvalue weighted by atomic mass is 16.1. The summed E-state index contributed by atoms with van der Waals surface area (Å²) in [6.07, 6.45) is 6.29. The third-order valence-electron chi connectivity index (χ3n) is 4.08. The van der Waals surface area contributed by atoms with E-state index in [1.54, 1.807) is 7.05 Å². The maximum atomic E-state index is 11.6. The molecule has 0 aromatic heterocycles. The fraction of sp³-hybridized carbons (Fsp3) is 0.600. The average molecular weight is 347 g/mol. The fourth-order valence-corrected chi connectivity index (χ4v) is 2.58. The van der Waals surface area contributed by atoms with Crippen LogP contribution in [0.25, 0.3) is 0 Å². The quantitative estimate of drug-likeness (QED) is 0.345. The van der Waals surface area contributed by atoms with Crippen molar-refractivity contribution in [1.29, 1.82) is 0 Å². The highest BCUT2D eigenvalue weighted by Crippen LogP contribution is 2.07. The van der Waals surface area contributed by atoms with Gasteiger partial charge in [-0.1, -0.05) is 44.7 Å². The van der Waals surface area contributed by atoms with Crippen LogP contribution in [0.15, 0.2) is 29.3 Å². The van der Waals surface area contributed by atoms with Crippen molar-refractivity contribution in [2.45, 2.75) is 65.5 Å². The Balaban J connectivity index is 2.55. The van der Waals surface area contributed by atoms with Gasteiger partial charge in [-0.2, -0.15) is 0 Å². The molecular weight excluding hydrogens is 312 g/mol. The highest BCUT2D eigenvalue weighted by molar-refractivity contribution is 5.93. The van der Waals surface area contributed by atoms with E-state index in [1.807, 2.05) is 24.3 Å². The van der Waals surface area contributed by atoms with E-state index in [-0.39, 0.29) is 5.91 Å². The Hall–Kier alpha value is -2.04. The minimum atomic E-state index is -0.0676. The average Bonchev–Trinajstić information content (AvgIpc) is 2.63.